The minimum absolute atomic E-state index is 0.0861. The monoisotopic (exact) mass is 726 g/mol. The van der Waals surface area contributed by atoms with Gasteiger partial charge in [-0.25, -0.2) is 13.4 Å². The van der Waals surface area contributed by atoms with Gasteiger partial charge in [0.05, 0.1) is 11.3 Å². The zero-order chi connectivity index (χ0) is 36.1. The molecule has 272 valence electrons. The van der Waals surface area contributed by atoms with Gasteiger partial charge < -0.3 is 24.7 Å². The van der Waals surface area contributed by atoms with Crippen molar-refractivity contribution in [2.24, 2.45) is 5.92 Å². The molecule has 1 saturated heterocycles. The summed E-state index contributed by atoms with van der Waals surface area (Å²) in [6.45, 7) is 1.70. The van der Waals surface area contributed by atoms with E-state index in [1.54, 1.807) is 19.2 Å². The van der Waals surface area contributed by atoms with Crippen LogP contribution in [-0.4, -0.2) is 76.0 Å². The number of nitrogens with one attached hydrogen (secondary N) is 3. The molecule has 3 amide bonds. The average molecular weight is 727 g/mol. The van der Waals surface area contributed by atoms with E-state index < -0.39 is 56.2 Å². The number of allylic oxidation sites excluding steroid dienone is 1. The molecule has 4 aliphatic rings. The Morgan fingerprint density at radius 1 is 1.06 bits per heavy atom. The van der Waals surface area contributed by atoms with Gasteiger partial charge in [0.1, 0.15) is 29.2 Å². The molecule has 0 spiro atoms. The first-order valence-corrected chi connectivity index (χ1v) is 19.5. The van der Waals surface area contributed by atoms with Gasteiger partial charge in [-0.15, -0.1) is 0 Å². The molecule has 2 aromatic carbocycles. The predicted molar refractivity (Wildman–Crippen MR) is 194 cm³/mol. The number of anilines is 1. The lowest BCUT2D eigenvalue weighted by Gasteiger charge is -2.29. The Labute approximate surface area is 301 Å². The van der Waals surface area contributed by atoms with Crippen molar-refractivity contribution >= 4 is 55.6 Å². The first kappa shape index (κ1) is 34.1. The molecule has 0 radical (unpaired) electrons. The Hall–Kier alpha value is -4.98. The smallest absolute Gasteiger partial charge is 0.296 e. The SMILES string of the molecule is CC1(S(=O)(=O)NC(=O)[C@@]23C[C@H]2/C=C\CCCCC[C@H](Nc2nc4ccccc4o2)C(=O)N2C[C@H](Oc4nccc5ccccc45)C[C@H]2C(=O)N3)CC1. The van der Waals surface area contributed by atoms with Gasteiger partial charge in [0, 0.05) is 23.9 Å². The van der Waals surface area contributed by atoms with Gasteiger partial charge in [-0.05, 0) is 75.1 Å². The molecule has 0 bridgehead atoms. The number of oxazole rings is 1. The fourth-order valence-corrected chi connectivity index (χ4v) is 8.69. The molecule has 5 atom stereocenters. The highest BCUT2D eigenvalue weighted by Crippen LogP contribution is 2.47. The fraction of sp³-hybridized carbons (Fsp3) is 0.447. The molecular formula is C38H42N6O7S. The quantitative estimate of drug-likeness (QED) is 0.229. The Balaban J connectivity index is 1.11. The van der Waals surface area contributed by atoms with Crippen molar-refractivity contribution in [3.05, 3.63) is 72.9 Å². The Kier molecular flexibility index (Phi) is 8.67. The second-order valence-corrected chi connectivity index (χ2v) is 16.9. The summed E-state index contributed by atoms with van der Waals surface area (Å²) in [4.78, 5) is 53.4. The van der Waals surface area contributed by atoms with E-state index in [9.17, 15) is 22.8 Å². The van der Waals surface area contributed by atoms with Crippen LogP contribution in [0.25, 0.3) is 21.9 Å². The van der Waals surface area contributed by atoms with Gasteiger partial charge in [-0.1, -0.05) is 55.3 Å². The van der Waals surface area contributed by atoms with E-state index in [2.05, 4.69) is 25.3 Å². The number of carbonyl (C=O) groups excluding carboxylic acids is 3. The van der Waals surface area contributed by atoms with Gasteiger partial charge >= 0.3 is 0 Å². The summed E-state index contributed by atoms with van der Waals surface area (Å²) < 4.78 is 39.9. The number of hydrogen-bond donors (Lipinski definition) is 3. The van der Waals surface area contributed by atoms with E-state index in [4.69, 9.17) is 9.15 Å². The summed E-state index contributed by atoms with van der Waals surface area (Å²) in [5.41, 5.74) is -0.237. The largest absolute Gasteiger partial charge is 0.472 e. The standard InChI is InChI=1S/C38H42N6O7S/c1-37(18-19-37)52(48,49)43-35(47)38-22-25(38)12-5-3-2-4-6-15-29(41-36-40-28-14-9-10-16-31(28)51-36)34(46)44-23-26(21-30(44)32(45)42-38)50-33-27-13-8-7-11-24(27)17-20-39-33/h5,7-14,16-17,20,25-26,29-30H,2-4,6,15,18-19,21-23H2,1H3,(H,40,41)(H,42,45)(H,43,47)/b12-5-/t25-,26-,29+,30+,38-/m1/s1. The molecule has 2 aromatic heterocycles. The van der Waals surface area contributed by atoms with E-state index in [1.165, 1.54) is 4.90 Å². The second-order valence-electron chi connectivity index (χ2n) is 14.7. The topological polar surface area (TPSA) is 173 Å². The number of carbonyl (C=O) groups is 3. The van der Waals surface area contributed by atoms with Gasteiger partial charge in [0.2, 0.25) is 27.7 Å². The highest BCUT2D eigenvalue weighted by atomic mass is 32.2. The number of hydrogen-bond acceptors (Lipinski definition) is 10. The number of para-hydroxylation sites is 2. The highest BCUT2D eigenvalue weighted by molar-refractivity contribution is 7.91. The summed E-state index contributed by atoms with van der Waals surface area (Å²) in [5.74, 6) is -1.65. The van der Waals surface area contributed by atoms with E-state index in [0.29, 0.717) is 36.2 Å². The molecule has 8 rings (SSSR count). The molecule has 2 aliphatic heterocycles. The third-order valence-electron chi connectivity index (χ3n) is 11.0. The van der Waals surface area contributed by atoms with Crippen LogP contribution in [0.1, 0.15) is 64.7 Å². The number of benzene rings is 2. The third kappa shape index (κ3) is 6.48. The number of fused-ring (bicyclic) bond motifs is 4. The van der Waals surface area contributed by atoms with Crippen LogP contribution in [0, 0.1) is 5.92 Å². The van der Waals surface area contributed by atoms with Crippen LogP contribution >= 0.6 is 0 Å². The molecule has 2 aliphatic carbocycles. The van der Waals surface area contributed by atoms with E-state index in [1.807, 2.05) is 60.7 Å². The Bertz CT molecular complexity index is 2140. The maximum absolute atomic E-state index is 14.6. The van der Waals surface area contributed by atoms with Crippen molar-refractivity contribution in [2.75, 3.05) is 11.9 Å². The van der Waals surface area contributed by atoms with E-state index >= 15 is 0 Å². The summed E-state index contributed by atoms with van der Waals surface area (Å²) >= 11 is 0. The van der Waals surface area contributed by atoms with Gasteiger partial charge in [0.15, 0.2) is 5.58 Å². The fourth-order valence-electron chi connectivity index (χ4n) is 7.37. The molecule has 0 unspecified atom stereocenters. The zero-order valence-electron chi connectivity index (χ0n) is 28.9. The lowest BCUT2D eigenvalue weighted by Crippen LogP contribution is -2.58. The molecule has 4 heterocycles. The molecule has 2 saturated carbocycles. The van der Waals surface area contributed by atoms with Gasteiger partial charge in [-0.3, -0.25) is 19.1 Å². The third-order valence-corrected chi connectivity index (χ3v) is 13.1. The predicted octanol–water partition coefficient (Wildman–Crippen LogP) is 4.60. The highest BCUT2D eigenvalue weighted by Gasteiger charge is 2.63. The normalized spacial score (nSPS) is 28.1. The van der Waals surface area contributed by atoms with Crippen molar-refractivity contribution in [2.45, 2.75) is 93.2 Å². The average Bonchev–Trinajstić information content (AvgIpc) is 3.94. The number of rotatable bonds is 7. The van der Waals surface area contributed by atoms with Crippen LogP contribution in [0.5, 0.6) is 5.88 Å². The number of aromatic nitrogens is 2. The molecule has 3 fully saturated rings. The summed E-state index contributed by atoms with van der Waals surface area (Å²) in [6, 6.07) is 15.3. The molecule has 3 N–H and O–H groups in total. The first-order chi connectivity index (χ1) is 25.1. The van der Waals surface area contributed by atoms with Gasteiger partial charge in [-0.2, -0.15) is 4.98 Å². The summed E-state index contributed by atoms with van der Waals surface area (Å²) in [5, 5.41) is 7.89. The number of nitrogens with zero attached hydrogens (tertiary/aromatic N) is 3. The lowest BCUT2D eigenvalue weighted by atomic mass is 10.0. The van der Waals surface area contributed by atoms with Crippen molar-refractivity contribution in [3.63, 3.8) is 0 Å². The van der Waals surface area contributed by atoms with E-state index in [-0.39, 0.29) is 31.3 Å². The minimum Gasteiger partial charge on any atom is -0.472 e. The van der Waals surface area contributed by atoms with Crippen LogP contribution in [0.4, 0.5) is 6.01 Å². The van der Waals surface area contributed by atoms with Crippen molar-refractivity contribution in [3.8, 4) is 5.88 Å². The molecular weight excluding hydrogens is 685 g/mol. The van der Waals surface area contributed by atoms with Crippen LogP contribution in [0.15, 0.2) is 77.4 Å². The van der Waals surface area contributed by atoms with Crippen LogP contribution in [-0.2, 0) is 24.4 Å². The van der Waals surface area contributed by atoms with Crippen molar-refractivity contribution in [1.82, 2.24) is 24.9 Å². The number of sulfonamides is 1. The Morgan fingerprint density at radius 2 is 1.87 bits per heavy atom. The second kappa shape index (κ2) is 13.2. The summed E-state index contributed by atoms with van der Waals surface area (Å²) in [6.07, 6.45) is 9.88. The van der Waals surface area contributed by atoms with Crippen LogP contribution in [0.2, 0.25) is 0 Å². The van der Waals surface area contributed by atoms with Gasteiger partial charge in [0.25, 0.3) is 11.9 Å². The molecule has 13 nitrogen and oxygen atoms in total. The maximum Gasteiger partial charge on any atom is 0.296 e. The number of ether oxygens (including phenoxy) is 1. The molecule has 4 aromatic rings. The Morgan fingerprint density at radius 3 is 2.69 bits per heavy atom. The summed E-state index contributed by atoms with van der Waals surface area (Å²) in [7, 11) is -3.95. The van der Waals surface area contributed by atoms with Crippen LogP contribution < -0.4 is 20.1 Å². The lowest BCUT2D eigenvalue weighted by molar-refractivity contribution is -0.140. The number of amides is 3. The van der Waals surface area contributed by atoms with Crippen LogP contribution in [0.3, 0.4) is 0 Å². The van der Waals surface area contributed by atoms with Crippen molar-refractivity contribution in [1.29, 1.82) is 0 Å². The molecule has 52 heavy (non-hydrogen) atoms. The number of pyridine rings is 1. The van der Waals surface area contributed by atoms with Crippen molar-refractivity contribution < 1.29 is 32.0 Å². The first-order valence-electron chi connectivity index (χ1n) is 18.0. The molecule has 14 heteroatoms. The van der Waals surface area contributed by atoms with E-state index in [0.717, 1.165) is 36.5 Å². The zero-order valence-corrected chi connectivity index (χ0v) is 29.7. The maximum atomic E-state index is 14.6. The minimum atomic E-state index is -3.95.